The van der Waals surface area contributed by atoms with Crippen LogP contribution in [0.5, 0.6) is 0 Å². The number of hydrogen-bond donors (Lipinski definition) is 3. The highest BCUT2D eigenvalue weighted by Gasteiger charge is 2.11. The van der Waals surface area contributed by atoms with Gasteiger partial charge in [-0.3, -0.25) is 0 Å². The molecule has 0 spiro atoms. The number of nitrogen functional groups attached to an aromatic ring is 1. The van der Waals surface area contributed by atoms with Gasteiger partial charge < -0.3 is 16.2 Å². The summed E-state index contributed by atoms with van der Waals surface area (Å²) in [5.74, 6) is 4.67. The van der Waals surface area contributed by atoms with Gasteiger partial charge in [-0.2, -0.15) is 0 Å². The van der Waals surface area contributed by atoms with Crippen molar-refractivity contribution in [1.82, 2.24) is 5.32 Å². The van der Waals surface area contributed by atoms with Crippen molar-refractivity contribution in [3.8, 4) is 11.8 Å². The molecule has 4 heteroatoms. The Bertz CT molecular complexity index is 444. The Morgan fingerprint density at radius 3 is 2.94 bits per heavy atom. The highest BCUT2D eigenvalue weighted by molar-refractivity contribution is 5.96. The first-order chi connectivity index (χ1) is 7.66. The number of aromatic carboxylic acids is 1. The van der Waals surface area contributed by atoms with Crippen LogP contribution in [0, 0.1) is 11.8 Å². The maximum atomic E-state index is 11.0. The Morgan fingerprint density at radius 1 is 1.56 bits per heavy atom. The van der Waals surface area contributed by atoms with Crippen molar-refractivity contribution >= 4 is 11.7 Å². The van der Waals surface area contributed by atoms with E-state index in [1.165, 1.54) is 0 Å². The van der Waals surface area contributed by atoms with Gasteiger partial charge in [-0.25, -0.2) is 4.79 Å². The predicted octanol–water partition coefficient (Wildman–Crippen LogP) is 0.928. The zero-order valence-corrected chi connectivity index (χ0v) is 9.08. The van der Waals surface area contributed by atoms with Crippen molar-refractivity contribution in [2.24, 2.45) is 0 Å². The van der Waals surface area contributed by atoms with Gasteiger partial charge in [0, 0.05) is 24.2 Å². The number of carboxylic acids is 1. The number of nitrogens with two attached hydrogens (primary N) is 1. The van der Waals surface area contributed by atoms with E-state index < -0.39 is 5.97 Å². The van der Waals surface area contributed by atoms with Crippen molar-refractivity contribution in [2.75, 3.05) is 19.3 Å². The fourth-order valence-electron chi connectivity index (χ4n) is 1.26. The lowest BCUT2D eigenvalue weighted by molar-refractivity contribution is 0.0698. The molecule has 4 nitrogen and oxygen atoms in total. The van der Waals surface area contributed by atoms with Gasteiger partial charge in [0.2, 0.25) is 0 Å². The van der Waals surface area contributed by atoms with Crippen molar-refractivity contribution in [3.05, 3.63) is 29.3 Å². The third-order valence-corrected chi connectivity index (χ3v) is 2.03. The van der Waals surface area contributed by atoms with E-state index in [9.17, 15) is 4.79 Å². The van der Waals surface area contributed by atoms with Crippen LogP contribution in [0.2, 0.25) is 0 Å². The molecule has 0 heterocycles. The lowest BCUT2D eigenvalue weighted by Gasteiger charge is -2.02. The van der Waals surface area contributed by atoms with Crippen LogP contribution >= 0.6 is 0 Å². The molecular formula is C12H14N2O2. The van der Waals surface area contributed by atoms with E-state index in [2.05, 4.69) is 17.2 Å². The third kappa shape index (κ3) is 3.01. The molecule has 0 saturated carbocycles. The number of carbonyl (C=O) groups is 1. The smallest absolute Gasteiger partial charge is 0.339 e. The summed E-state index contributed by atoms with van der Waals surface area (Å²) in [6, 6.07) is 4.91. The first kappa shape index (κ1) is 12.1. The summed E-state index contributed by atoms with van der Waals surface area (Å²) < 4.78 is 0. The monoisotopic (exact) mass is 218 g/mol. The van der Waals surface area contributed by atoms with E-state index in [0.29, 0.717) is 12.0 Å². The maximum absolute atomic E-state index is 11.0. The second kappa shape index (κ2) is 5.79. The molecular weight excluding hydrogens is 204 g/mol. The third-order valence-electron chi connectivity index (χ3n) is 2.03. The summed E-state index contributed by atoms with van der Waals surface area (Å²) in [4.78, 5) is 11.0. The molecule has 0 aliphatic carbocycles. The molecule has 0 aliphatic rings. The van der Waals surface area contributed by atoms with E-state index in [0.717, 1.165) is 6.54 Å². The van der Waals surface area contributed by atoms with E-state index >= 15 is 0 Å². The highest BCUT2D eigenvalue weighted by atomic mass is 16.4. The molecule has 16 heavy (non-hydrogen) atoms. The minimum atomic E-state index is -1.05. The standard InChI is InChI=1S/C12H14N2O2/c1-14-8-3-2-5-9-6-4-7-10(13)11(9)12(15)16/h4,6-7,14H,3,8,13H2,1H3,(H,15,16). The summed E-state index contributed by atoms with van der Waals surface area (Å²) in [5.41, 5.74) is 6.38. The van der Waals surface area contributed by atoms with E-state index in [1.54, 1.807) is 18.2 Å². The van der Waals surface area contributed by atoms with Gasteiger partial charge in [-0.15, -0.1) is 0 Å². The van der Waals surface area contributed by atoms with Gasteiger partial charge in [-0.05, 0) is 19.2 Å². The normalized spacial score (nSPS) is 9.31. The Hall–Kier alpha value is -1.99. The topological polar surface area (TPSA) is 75.3 Å². The molecule has 0 bridgehead atoms. The first-order valence-electron chi connectivity index (χ1n) is 4.92. The van der Waals surface area contributed by atoms with Gasteiger partial charge in [0.05, 0.1) is 5.56 Å². The quantitative estimate of drug-likeness (QED) is 0.401. The molecule has 0 fully saturated rings. The predicted molar refractivity (Wildman–Crippen MR) is 63.2 cm³/mol. The largest absolute Gasteiger partial charge is 0.478 e. The number of benzene rings is 1. The van der Waals surface area contributed by atoms with Gasteiger partial charge in [0.1, 0.15) is 0 Å². The summed E-state index contributed by atoms with van der Waals surface area (Å²) in [5, 5.41) is 11.9. The molecule has 0 unspecified atom stereocenters. The molecule has 0 amide bonds. The molecule has 0 aliphatic heterocycles. The van der Waals surface area contributed by atoms with Crippen molar-refractivity contribution < 1.29 is 9.90 Å². The minimum Gasteiger partial charge on any atom is -0.478 e. The number of hydrogen-bond acceptors (Lipinski definition) is 3. The second-order valence-electron chi connectivity index (χ2n) is 3.23. The van der Waals surface area contributed by atoms with Crippen molar-refractivity contribution in [2.45, 2.75) is 6.42 Å². The number of anilines is 1. The van der Waals surface area contributed by atoms with Crippen LogP contribution in [-0.2, 0) is 0 Å². The Labute approximate surface area is 94.5 Å². The molecule has 0 aromatic heterocycles. The van der Waals surface area contributed by atoms with Crippen LogP contribution < -0.4 is 11.1 Å². The van der Waals surface area contributed by atoms with Crippen LogP contribution in [0.1, 0.15) is 22.3 Å². The van der Waals surface area contributed by atoms with Crippen molar-refractivity contribution in [1.29, 1.82) is 0 Å². The summed E-state index contributed by atoms with van der Waals surface area (Å²) in [6.45, 7) is 0.776. The first-order valence-corrected chi connectivity index (χ1v) is 4.92. The van der Waals surface area contributed by atoms with Gasteiger partial charge in [-0.1, -0.05) is 17.9 Å². The van der Waals surface area contributed by atoms with Gasteiger partial charge in [0.25, 0.3) is 0 Å². The fourth-order valence-corrected chi connectivity index (χ4v) is 1.26. The SMILES string of the molecule is CNCCC#Cc1cccc(N)c1C(=O)O. The van der Waals surface area contributed by atoms with Gasteiger partial charge >= 0.3 is 5.97 Å². The Kier molecular flexibility index (Phi) is 4.37. The molecule has 0 radical (unpaired) electrons. The average Bonchev–Trinajstić information content (AvgIpc) is 2.24. The Balaban J connectivity index is 2.98. The van der Waals surface area contributed by atoms with E-state index in [1.807, 2.05) is 7.05 Å². The van der Waals surface area contributed by atoms with Crippen LogP contribution in [0.4, 0.5) is 5.69 Å². The summed E-state index contributed by atoms with van der Waals surface area (Å²) >= 11 is 0. The summed E-state index contributed by atoms with van der Waals surface area (Å²) in [6.07, 6.45) is 0.671. The molecule has 0 atom stereocenters. The zero-order valence-electron chi connectivity index (χ0n) is 9.08. The summed E-state index contributed by atoms with van der Waals surface area (Å²) in [7, 11) is 1.84. The van der Waals surface area contributed by atoms with Crippen molar-refractivity contribution in [3.63, 3.8) is 0 Å². The molecule has 84 valence electrons. The van der Waals surface area contributed by atoms with Crippen LogP contribution in [0.15, 0.2) is 18.2 Å². The molecule has 0 saturated heterocycles. The molecule has 1 rings (SSSR count). The van der Waals surface area contributed by atoms with E-state index in [-0.39, 0.29) is 11.3 Å². The maximum Gasteiger partial charge on any atom is 0.339 e. The number of carboxylic acid groups (broad SMARTS) is 1. The highest BCUT2D eigenvalue weighted by Crippen LogP contribution is 2.15. The fraction of sp³-hybridized carbons (Fsp3) is 0.250. The van der Waals surface area contributed by atoms with Crippen LogP contribution in [0.3, 0.4) is 0 Å². The lowest BCUT2D eigenvalue weighted by atomic mass is 10.1. The second-order valence-corrected chi connectivity index (χ2v) is 3.23. The van der Waals surface area contributed by atoms with Crippen LogP contribution in [-0.4, -0.2) is 24.7 Å². The van der Waals surface area contributed by atoms with Gasteiger partial charge in [0.15, 0.2) is 0 Å². The number of nitrogens with one attached hydrogen (secondary N) is 1. The average molecular weight is 218 g/mol. The van der Waals surface area contributed by atoms with Crippen LogP contribution in [0.25, 0.3) is 0 Å². The van der Waals surface area contributed by atoms with E-state index in [4.69, 9.17) is 10.8 Å². The Morgan fingerprint density at radius 2 is 2.31 bits per heavy atom. The lowest BCUT2D eigenvalue weighted by Crippen LogP contribution is -2.06. The molecule has 1 aromatic carbocycles. The zero-order chi connectivity index (χ0) is 12.0. The molecule has 1 aromatic rings. The molecule has 4 N–H and O–H groups in total. The minimum absolute atomic E-state index is 0.0828. The number of rotatable bonds is 3.